The minimum atomic E-state index is 0. The van der Waals surface area contributed by atoms with Gasteiger partial charge < -0.3 is 15.2 Å². The summed E-state index contributed by atoms with van der Waals surface area (Å²) in [6.07, 6.45) is 4.76. The SMILES string of the molecule is CCC(CC)c1cc(CNC(=NC)NCC2(C)CCCS2)on1.I. The molecule has 0 spiro atoms. The van der Waals surface area contributed by atoms with Gasteiger partial charge in [-0.3, -0.25) is 4.99 Å². The van der Waals surface area contributed by atoms with Crippen LogP contribution in [-0.2, 0) is 6.54 Å². The second-order valence-electron chi connectivity index (χ2n) is 6.41. The monoisotopic (exact) mass is 466 g/mol. The highest BCUT2D eigenvalue weighted by Gasteiger charge is 2.29. The quantitative estimate of drug-likeness (QED) is 0.359. The van der Waals surface area contributed by atoms with Gasteiger partial charge in [0.05, 0.1) is 12.2 Å². The fourth-order valence-electron chi connectivity index (χ4n) is 2.95. The van der Waals surface area contributed by atoms with Crippen molar-refractivity contribution in [2.75, 3.05) is 19.3 Å². The topological polar surface area (TPSA) is 62.5 Å². The second kappa shape index (κ2) is 10.5. The fourth-order valence-corrected chi connectivity index (χ4v) is 4.19. The highest BCUT2D eigenvalue weighted by molar-refractivity contribution is 14.0. The van der Waals surface area contributed by atoms with E-state index >= 15 is 0 Å². The Labute approximate surface area is 167 Å². The molecule has 0 amide bonds. The van der Waals surface area contributed by atoms with Crippen LogP contribution in [0, 0.1) is 0 Å². The molecule has 0 bridgehead atoms. The molecule has 24 heavy (non-hydrogen) atoms. The lowest BCUT2D eigenvalue weighted by molar-refractivity contribution is 0.368. The molecule has 1 atom stereocenters. The van der Waals surface area contributed by atoms with Gasteiger partial charge in [0.2, 0.25) is 0 Å². The van der Waals surface area contributed by atoms with Crippen LogP contribution in [0.1, 0.15) is 63.8 Å². The molecule has 0 aromatic carbocycles. The average Bonchev–Trinajstić information content (AvgIpc) is 3.19. The van der Waals surface area contributed by atoms with Crippen LogP contribution in [0.25, 0.3) is 0 Å². The average molecular weight is 466 g/mol. The summed E-state index contributed by atoms with van der Waals surface area (Å²) in [6, 6.07) is 2.06. The number of aliphatic imine (C=N–C) groups is 1. The molecule has 0 saturated carbocycles. The Morgan fingerprint density at radius 2 is 2.17 bits per heavy atom. The summed E-state index contributed by atoms with van der Waals surface area (Å²) >= 11 is 2.05. The summed E-state index contributed by atoms with van der Waals surface area (Å²) in [7, 11) is 1.80. The number of nitrogens with zero attached hydrogens (tertiary/aromatic N) is 2. The molecule has 5 nitrogen and oxygen atoms in total. The lowest BCUT2D eigenvalue weighted by Crippen LogP contribution is -2.43. The van der Waals surface area contributed by atoms with Gasteiger partial charge in [-0.2, -0.15) is 11.8 Å². The number of halogens is 1. The Kier molecular flexibility index (Phi) is 9.48. The van der Waals surface area contributed by atoms with Crippen molar-refractivity contribution >= 4 is 41.7 Å². The molecule has 1 aliphatic rings. The molecule has 1 saturated heterocycles. The maximum absolute atomic E-state index is 5.44. The molecule has 2 rings (SSSR count). The van der Waals surface area contributed by atoms with Gasteiger partial charge in [0.1, 0.15) is 0 Å². The van der Waals surface area contributed by atoms with Gasteiger partial charge in [0.15, 0.2) is 11.7 Å². The summed E-state index contributed by atoms with van der Waals surface area (Å²) in [5, 5.41) is 10.9. The van der Waals surface area contributed by atoms with Gasteiger partial charge in [-0.25, -0.2) is 0 Å². The first-order valence-electron chi connectivity index (χ1n) is 8.64. The molecule has 0 radical (unpaired) electrons. The largest absolute Gasteiger partial charge is 0.359 e. The van der Waals surface area contributed by atoms with Crippen LogP contribution in [0.4, 0.5) is 0 Å². The fraction of sp³-hybridized carbons (Fsp3) is 0.765. The lowest BCUT2D eigenvalue weighted by Gasteiger charge is -2.24. The van der Waals surface area contributed by atoms with E-state index in [-0.39, 0.29) is 24.0 Å². The summed E-state index contributed by atoms with van der Waals surface area (Å²) < 4.78 is 5.77. The first-order valence-corrected chi connectivity index (χ1v) is 9.62. The van der Waals surface area contributed by atoms with Crippen LogP contribution < -0.4 is 10.6 Å². The van der Waals surface area contributed by atoms with Gasteiger partial charge in [-0.05, 0) is 38.4 Å². The third kappa shape index (κ3) is 6.13. The Morgan fingerprint density at radius 3 is 2.75 bits per heavy atom. The Bertz CT molecular complexity index is 510. The zero-order valence-corrected chi connectivity index (χ0v) is 18.4. The number of guanidine groups is 1. The van der Waals surface area contributed by atoms with E-state index < -0.39 is 0 Å². The van der Waals surface area contributed by atoms with Crippen LogP contribution in [0.15, 0.2) is 15.6 Å². The van der Waals surface area contributed by atoms with Crippen molar-refractivity contribution in [2.24, 2.45) is 4.99 Å². The molecule has 1 aromatic heterocycles. The van der Waals surface area contributed by atoms with Crippen molar-refractivity contribution in [1.29, 1.82) is 0 Å². The molecule has 0 aliphatic carbocycles. The Hall–Kier alpha value is -0.440. The van der Waals surface area contributed by atoms with Crippen molar-refractivity contribution in [2.45, 2.75) is 63.7 Å². The van der Waals surface area contributed by atoms with Gasteiger partial charge in [0, 0.05) is 30.3 Å². The van der Waals surface area contributed by atoms with E-state index in [1.807, 2.05) is 11.8 Å². The molecule has 2 N–H and O–H groups in total. The highest BCUT2D eigenvalue weighted by Crippen LogP contribution is 2.36. The van der Waals surface area contributed by atoms with Gasteiger partial charge in [-0.1, -0.05) is 19.0 Å². The van der Waals surface area contributed by atoms with Crippen LogP contribution in [-0.4, -0.2) is 35.2 Å². The summed E-state index contributed by atoms with van der Waals surface area (Å²) in [4.78, 5) is 4.29. The second-order valence-corrected chi connectivity index (χ2v) is 8.10. The van der Waals surface area contributed by atoms with Crippen molar-refractivity contribution in [3.05, 3.63) is 17.5 Å². The van der Waals surface area contributed by atoms with Crippen molar-refractivity contribution in [3.63, 3.8) is 0 Å². The maximum Gasteiger partial charge on any atom is 0.191 e. The van der Waals surface area contributed by atoms with Crippen molar-refractivity contribution in [1.82, 2.24) is 15.8 Å². The van der Waals surface area contributed by atoms with Gasteiger partial charge in [-0.15, -0.1) is 24.0 Å². The molecule has 7 heteroatoms. The van der Waals surface area contributed by atoms with E-state index in [0.29, 0.717) is 17.2 Å². The molecular weight excluding hydrogens is 435 g/mol. The van der Waals surface area contributed by atoms with E-state index in [0.717, 1.165) is 36.8 Å². The zero-order chi connectivity index (χ0) is 16.7. The van der Waals surface area contributed by atoms with E-state index in [1.165, 1.54) is 18.6 Å². The van der Waals surface area contributed by atoms with E-state index in [1.54, 1.807) is 7.05 Å². The number of thioether (sulfide) groups is 1. The summed E-state index contributed by atoms with van der Waals surface area (Å²) in [5.41, 5.74) is 1.06. The number of hydrogen-bond donors (Lipinski definition) is 2. The first kappa shape index (κ1) is 21.6. The van der Waals surface area contributed by atoms with Crippen molar-refractivity contribution in [3.8, 4) is 0 Å². The summed E-state index contributed by atoms with van der Waals surface area (Å²) in [5.74, 6) is 3.43. The predicted molar refractivity (Wildman–Crippen MR) is 114 cm³/mol. The normalized spacial score (nSPS) is 21.0. The molecule has 1 fully saturated rings. The van der Waals surface area contributed by atoms with Gasteiger partial charge in [0.25, 0.3) is 0 Å². The molecule has 1 unspecified atom stereocenters. The number of nitrogens with one attached hydrogen (secondary N) is 2. The molecule has 138 valence electrons. The predicted octanol–water partition coefficient (Wildman–Crippen LogP) is 4.15. The summed E-state index contributed by atoms with van der Waals surface area (Å²) in [6.45, 7) is 8.25. The van der Waals surface area contributed by atoms with E-state index in [9.17, 15) is 0 Å². The van der Waals surface area contributed by atoms with E-state index in [2.05, 4.69) is 47.6 Å². The van der Waals surface area contributed by atoms with Crippen LogP contribution in [0.2, 0.25) is 0 Å². The van der Waals surface area contributed by atoms with Gasteiger partial charge >= 0.3 is 0 Å². The Balaban J connectivity index is 0.00000288. The minimum Gasteiger partial charge on any atom is -0.359 e. The van der Waals surface area contributed by atoms with E-state index in [4.69, 9.17) is 4.52 Å². The number of rotatable bonds is 7. The smallest absolute Gasteiger partial charge is 0.191 e. The van der Waals surface area contributed by atoms with Crippen LogP contribution >= 0.6 is 35.7 Å². The maximum atomic E-state index is 5.44. The van der Waals surface area contributed by atoms with Crippen molar-refractivity contribution < 1.29 is 4.52 Å². The van der Waals surface area contributed by atoms with Crippen LogP contribution in [0.5, 0.6) is 0 Å². The standard InChI is InChI=1S/C17H30N4OS.HI/c1-5-13(6-2)15-10-14(22-21-15)11-19-16(18-4)20-12-17(3)8-7-9-23-17;/h10,13H,5-9,11-12H2,1-4H3,(H2,18,19,20);1H. The first-order chi connectivity index (χ1) is 11.1. The third-order valence-corrected chi connectivity index (χ3v) is 6.10. The zero-order valence-electron chi connectivity index (χ0n) is 15.2. The molecule has 2 heterocycles. The lowest BCUT2D eigenvalue weighted by atomic mass is 9.99. The number of aromatic nitrogens is 1. The molecular formula is C17H31IN4OS. The molecule has 1 aromatic rings. The molecule has 1 aliphatic heterocycles. The Morgan fingerprint density at radius 1 is 1.42 bits per heavy atom. The van der Waals surface area contributed by atoms with Crippen LogP contribution in [0.3, 0.4) is 0 Å². The number of hydrogen-bond acceptors (Lipinski definition) is 4. The highest BCUT2D eigenvalue weighted by atomic mass is 127. The third-order valence-electron chi connectivity index (χ3n) is 4.56. The minimum absolute atomic E-state index is 0.